The summed E-state index contributed by atoms with van der Waals surface area (Å²) in [5.74, 6) is -0.0695. The maximum Gasteiger partial charge on any atom is 0.265 e. The van der Waals surface area contributed by atoms with Gasteiger partial charge in [-0.2, -0.15) is 0 Å². The van der Waals surface area contributed by atoms with Gasteiger partial charge in [0.1, 0.15) is 17.5 Å². The molecule has 1 N–H and O–H groups in total. The molecular formula is C26H23ClN2O5. The Bertz CT molecular complexity index is 1210. The van der Waals surface area contributed by atoms with Crippen molar-refractivity contribution in [2.24, 2.45) is 0 Å². The molecule has 4 rings (SSSR count). The number of carbonyl (C=O) groups excluding carboxylic acids is 3. The highest BCUT2D eigenvalue weighted by Crippen LogP contribution is 2.34. The van der Waals surface area contributed by atoms with Gasteiger partial charge in [0.25, 0.3) is 5.91 Å². The monoisotopic (exact) mass is 478 g/mol. The van der Waals surface area contributed by atoms with Crippen molar-refractivity contribution >= 4 is 34.9 Å². The third kappa shape index (κ3) is 5.38. The second-order valence-corrected chi connectivity index (χ2v) is 8.22. The lowest BCUT2D eigenvalue weighted by Gasteiger charge is -2.33. The third-order valence-corrected chi connectivity index (χ3v) is 5.64. The van der Waals surface area contributed by atoms with Crippen molar-refractivity contribution < 1.29 is 23.9 Å². The van der Waals surface area contributed by atoms with Gasteiger partial charge >= 0.3 is 0 Å². The highest BCUT2D eigenvalue weighted by atomic mass is 35.5. The van der Waals surface area contributed by atoms with E-state index in [2.05, 4.69) is 5.32 Å². The number of hydrogen-bond acceptors (Lipinski definition) is 5. The van der Waals surface area contributed by atoms with Crippen LogP contribution in [-0.4, -0.2) is 36.9 Å². The Morgan fingerprint density at radius 2 is 1.88 bits per heavy atom. The fourth-order valence-corrected chi connectivity index (χ4v) is 3.79. The molecule has 1 aliphatic heterocycles. The molecule has 3 aromatic carbocycles. The van der Waals surface area contributed by atoms with Crippen LogP contribution in [0.1, 0.15) is 22.8 Å². The minimum Gasteiger partial charge on any atom is -0.485 e. The van der Waals surface area contributed by atoms with E-state index in [1.165, 1.54) is 4.90 Å². The SMILES string of the molecule is C[C@H](C(=O)NCc1ccccc1)N1C(=O)COc2ccc(C(=O)COc3cccc(Cl)c3)cc21. The standard InChI is InChI=1S/C26H23ClN2O5/c1-17(26(32)28-14-18-6-3-2-4-7-18)29-22-12-19(10-11-24(22)34-16-25(29)31)23(30)15-33-21-9-5-8-20(27)13-21/h2-13,17H,14-16H2,1H3,(H,28,32)/t17-/m1/s1. The number of Topliss-reactive ketones (excluding diaryl/α,β-unsaturated/α-hetero) is 1. The smallest absolute Gasteiger partial charge is 0.265 e. The predicted molar refractivity (Wildman–Crippen MR) is 128 cm³/mol. The number of benzene rings is 3. The molecule has 1 atom stereocenters. The fourth-order valence-electron chi connectivity index (χ4n) is 3.61. The molecular weight excluding hydrogens is 456 g/mol. The van der Waals surface area contributed by atoms with Crippen LogP contribution in [0.5, 0.6) is 11.5 Å². The van der Waals surface area contributed by atoms with Gasteiger partial charge in [-0.3, -0.25) is 19.3 Å². The average Bonchev–Trinajstić information content (AvgIpc) is 2.85. The van der Waals surface area contributed by atoms with Crippen molar-refractivity contribution in [2.75, 3.05) is 18.1 Å². The number of halogens is 1. The molecule has 0 aromatic heterocycles. The Labute approximate surface area is 202 Å². The molecule has 0 aliphatic carbocycles. The number of amides is 2. The number of ether oxygens (including phenoxy) is 2. The van der Waals surface area contributed by atoms with Gasteiger partial charge < -0.3 is 14.8 Å². The third-order valence-electron chi connectivity index (χ3n) is 5.40. The average molecular weight is 479 g/mol. The van der Waals surface area contributed by atoms with E-state index in [0.717, 1.165) is 5.56 Å². The van der Waals surface area contributed by atoms with E-state index in [-0.39, 0.29) is 30.8 Å². The summed E-state index contributed by atoms with van der Waals surface area (Å²) in [6, 6.07) is 20.2. The van der Waals surface area contributed by atoms with Gasteiger partial charge in [-0.15, -0.1) is 0 Å². The number of rotatable bonds is 8. The molecule has 0 radical (unpaired) electrons. The van der Waals surface area contributed by atoms with Crippen molar-refractivity contribution in [3.63, 3.8) is 0 Å². The Kier molecular flexibility index (Phi) is 7.13. The van der Waals surface area contributed by atoms with Crippen LogP contribution in [-0.2, 0) is 16.1 Å². The van der Waals surface area contributed by atoms with Crippen LogP contribution in [0.3, 0.4) is 0 Å². The molecule has 0 spiro atoms. The second-order valence-electron chi connectivity index (χ2n) is 7.78. The van der Waals surface area contributed by atoms with E-state index in [0.29, 0.717) is 34.3 Å². The van der Waals surface area contributed by atoms with Gasteiger partial charge in [0, 0.05) is 17.1 Å². The molecule has 2 amide bonds. The van der Waals surface area contributed by atoms with Gasteiger partial charge in [0.05, 0.1) is 5.69 Å². The molecule has 0 saturated heterocycles. The summed E-state index contributed by atoms with van der Waals surface area (Å²) in [6.07, 6.45) is 0. The summed E-state index contributed by atoms with van der Waals surface area (Å²) in [4.78, 5) is 39.7. The Balaban J connectivity index is 1.49. The minimum absolute atomic E-state index is 0.186. The van der Waals surface area contributed by atoms with Crippen LogP contribution in [0.4, 0.5) is 5.69 Å². The highest BCUT2D eigenvalue weighted by molar-refractivity contribution is 6.30. The number of ketones is 1. The van der Waals surface area contributed by atoms with E-state index in [1.54, 1.807) is 49.4 Å². The van der Waals surface area contributed by atoms with Crippen molar-refractivity contribution in [1.29, 1.82) is 0 Å². The lowest BCUT2D eigenvalue weighted by Crippen LogP contribution is -2.51. The Morgan fingerprint density at radius 1 is 1.09 bits per heavy atom. The van der Waals surface area contributed by atoms with Gasteiger partial charge in [-0.05, 0) is 48.9 Å². The first-order chi connectivity index (χ1) is 16.4. The van der Waals surface area contributed by atoms with Crippen LogP contribution < -0.4 is 19.7 Å². The summed E-state index contributed by atoms with van der Waals surface area (Å²) >= 11 is 5.95. The van der Waals surface area contributed by atoms with E-state index in [1.807, 2.05) is 30.3 Å². The van der Waals surface area contributed by atoms with Gasteiger partial charge in [-0.25, -0.2) is 0 Å². The molecule has 0 fully saturated rings. The number of nitrogens with zero attached hydrogens (tertiary/aromatic N) is 1. The number of carbonyl (C=O) groups is 3. The fraction of sp³-hybridized carbons (Fsp3) is 0.192. The summed E-state index contributed by atoms with van der Waals surface area (Å²) in [5.41, 5.74) is 1.65. The van der Waals surface area contributed by atoms with Crippen molar-refractivity contribution in [1.82, 2.24) is 5.32 Å². The summed E-state index contributed by atoms with van der Waals surface area (Å²) < 4.78 is 11.1. The highest BCUT2D eigenvalue weighted by Gasteiger charge is 2.33. The van der Waals surface area contributed by atoms with Crippen LogP contribution in [0.2, 0.25) is 5.02 Å². The van der Waals surface area contributed by atoms with Crippen molar-refractivity contribution in [3.8, 4) is 11.5 Å². The van der Waals surface area contributed by atoms with Crippen molar-refractivity contribution in [2.45, 2.75) is 19.5 Å². The zero-order valence-corrected chi connectivity index (χ0v) is 19.2. The molecule has 1 heterocycles. The lowest BCUT2D eigenvalue weighted by atomic mass is 10.1. The zero-order chi connectivity index (χ0) is 24.1. The molecule has 34 heavy (non-hydrogen) atoms. The number of fused-ring (bicyclic) bond motifs is 1. The number of hydrogen-bond donors (Lipinski definition) is 1. The summed E-state index contributed by atoms with van der Waals surface area (Å²) in [7, 11) is 0. The molecule has 0 unspecified atom stereocenters. The lowest BCUT2D eigenvalue weighted by molar-refractivity contribution is -0.127. The molecule has 174 valence electrons. The summed E-state index contributed by atoms with van der Waals surface area (Å²) in [5, 5.41) is 3.36. The van der Waals surface area contributed by atoms with E-state index >= 15 is 0 Å². The summed E-state index contributed by atoms with van der Waals surface area (Å²) in [6.45, 7) is 1.59. The van der Waals surface area contributed by atoms with Crippen LogP contribution in [0, 0.1) is 0 Å². The van der Waals surface area contributed by atoms with Crippen molar-refractivity contribution in [3.05, 3.63) is 88.9 Å². The molecule has 0 bridgehead atoms. The van der Waals surface area contributed by atoms with Crippen LogP contribution in [0.25, 0.3) is 0 Å². The van der Waals surface area contributed by atoms with E-state index < -0.39 is 6.04 Å². The van der Waals surface area contributed by atoms with Crippen LogP contribution in [0.15, 0.2) is 72.8 Å². The largest absolute Gasteiger partial charge is 0.485 e. The first-order valence-electron chi connectivity index (χ1n) is 10.7. The first-order valence-corrected chi connectivity index (χ1v) is 11.1. The number of anilines is 1. The maximum absolute atomic E-state index is 12.8. The topological polar surface area (TPSA) is 84.9 Å². The van der Waals surface area contributed by atoms with E-state index in [4.69, 9.17) is 21.1 Å². The minimum atomic E-state index is -0.799. The van der Waals surface area contributed by atoms with Gasteiger partial charge in [0.15, 0.2) is 19.0 Å². The maximum atomic E-state index is 12.8. The Hall–Kier alpha value is -3.84. The molecule has 0 saturated carbocycles. The van der Waals surface area contributed by atoms with Gasteiger partial charge in [-0.1, -0.05) is 48.0 Å². The quantitative estimate of drug-likeness (QED) is 0.494. The van der Waals surface area contributed by atoms with Gasteiger partial charge in [0.2, 0.25) is 5.91 Å². The zero-order valence-electron chi connectivity index (χ0n) is 18.5. The predicted octanol–water partition coefficient (Wildman–Crippen LogP) is 4.03. The number of nitrogens with one attached hydrogen (secondary N) is 1. The molecule has 3 aromatic rings. The molecule has 8 heteroatoms. The molecule has 1 aliphatic rings. The normalized spacial score (nSPS) is 13.5. The van der Waals surface area contributed by atoms with E-state index in [9.17, 15) is 14.4 Å². The van der Waals surface area contributed by atoms with Crippen LogP contribution >= 0.6 is 11.6 Å². The molecule has 7 nitrogen and oxygen atoms in total. The second kappa shape index (κ2) is 10.4. The first kappa shape index (κ1) is 23.3. The Morgan fingerprint density at radius 3 is 2.65 bits per heavy atom.